The number of likely N-dealkylation sites (N-methyl/N-ethyl adjacent to an activating group) is 1. The largest absolute Gasteiger partial charge is 0.366 e. The Labute approximate surface area is 196 Å². The number of nitro benzene ring substituents is 1. The van der Waals surface area contributed by atoms with Crippen LogP contribution in [0.15, 0.2) is 23.1 Å². The van der Waals surface area contributed by atoms with Crippen molar-refractivity contribution >= 4 is 27.3 Å². The van der Waals surface area contributed by atoms with Crippen molar-refractivity contribution in [1.82, 2.24) is 14.5 Å². The molecule has 2 saturated heterocycles. The first-order valence-corrected chi connectivity index (χ1v) is 13.0. The van der Waals surface area contributed by atoms with Gasteiger partial charge >= 0.3 is 0 Å². The van der Waals surface area contributed by atoms with Crippen molar-refractivity contribution in [2.24, 2.45) is 11.8 Å². The van der Waals surface area contributed by atoms with Crippen LogP contribution < -0.4 is 9.62 Å². The predicted octanol–water partition coefficient (Wildman–Crippen LogP) is 1.91. The van der Waals surface area contributed by atoms with E-state index in [1.165, 1.54) is 12.1 Å². The number of hydrogen-bond donors (Lipinski definition) is 1. The number of carbonyl (C=O) groups is 1. The summed E-state index contributed by atoms with van der Waals surface area (Å²) in [5, 5.41) is 11.7. The van der Waals surface area contributed by atoms with Gasteiger partial charge in [-0.05, 0) is 57.8 Å². The minimum Gasteiger partial charge on any atom is -0.366 e. The molecule has 0 saturated carbocycles. The first-order valence-electron chi connectivity index (χ1n) is 11.5. The van der Waals surface area contributed by atoms with Crippen LogP contribution in [0.3, 0.4) is 0 Å². The fourth-order valence-electron chi connectivity index (χ4n) is 4.43. The summed E-state index contributed by atoms with van der Waals surface area (Å²) in [6, 6.07) is 4.04. The molecule has 11 heteroatoms. The van der Waals surface area contributed by atoms with E-state index in [2.05, 4.69) is 11.6 Å². The van der Waals surface area contributed by atoms with Gasteiger partial charge in [-0.25, -0.2) is 13.1 Å². The van der Waals surface area contributed by atoms with Gasteiger partial charge in [0.25, 0.3) is 5.69 Å². The standard InChI is InChI=1S/C22H35N5O5S/c1-17-6-11-26(12-7-17)22(28)18-8-13-25(14-9-18)20-5-4-19(16-21(20)27(29)30)33(31,32)23-10-15-24(2)3/h4-5,16-18,23H,6-15H2,1-3H3. The zero-order valence-corrected chi connectivity index (χ0v) is 20.5. The molecule has 2 heterocycles. The molecular formula is C22H35N5O5S. The Hall–Kier alpha value is -2.24. The van der Waals surface area contributed by atoms with E-state index in [4.69, 9.17) is 0 Å². The van der Waals surface area contributed by atoms with Gasteiger partial charge in [-0.1, -0.05) is 6.92 Å². The number of nitrogens with one attached hydrogen (secondary N) is 1. The van der Waals surface area contributed by atoms with Gasteiger partial charge in [-0.2, -0.15) is 0 Å². The number of likely N-dealkylation sites (tertiary alicyclic amines) is 1. The highest BCUT2D eigenvalue weighted by atomic mass is 32.2. The van der Waals surface area contributed by atoms with Crippen LogP contribution in [0.4, 0.5) is 11.4 Å². The number of anilines is 1. The summed E-state index contributed by atoms with van der Waals surface area (Å²) >= 11 is 0. The number of benzene rings is 1. The van der Waals surface area contributed by atoms with E-state index in [9.17, 15) is 23.3 Å². The van der Waals surface area contributed by atoms with Crippen LogP contribution >= 0.6 is 0 Å². The molecular weight excluding hydrogens is 446 g/mol. The summed E-state index contributed by atoms with van der Waals surface area (Å²) in [5.41, 5.74) is 0.158. The molecule has 1 aromatic rings. The number of amides is 1. The topological polar surface area (TPSA) is 116 Å². The van der Waals surface area contributed by atoms with E-state index in [1.54, 1.807) is 0 Å². The second-order valence-electron chi connectivity index (χ2n) is 9.38. The lowest BCUT2D eigenvalue weighted by Crippen LogP contribution is -2.45. The van der Waals surface area contributed by atoms with E-state index in [1.807, 2.05) is 28.8 Å². The molecule has 0 spiro atoms. The molecule has 0 atom stereocenters. The lowest BCUT2D eigenvalue weighted by atomic mass is 9.92. The molecule has 2 aliphatic heterocycles. The van der Waals surface area contributed by atoms with Crippen molar-refractivity contribution < 1.29 is 18.1 Å². The van der Waals surface area contributed by atoms with E-state index < -0.39 is 14.9 Å². The molecule has 1 amide bonds. The molecule has 1 aromatic carbocycles. The molecule has 10 nitrogen and oxygen atoms in total. The summed E-state index contributed by atoms with van der Waals surface area (Å²) in [7, 11) is -0.184. The van der Waals surface area contributed by atoms with Crippen LogP contribution in [-0.4, -0.2) is 82.4 Å². The van der Waals surface area contributed by atoms with Crippen LogP contribution in [0, 0.1) is 22.0 Å². The molecule has 2 fully saturated rings. The van der Waals surface area contributed by atoms with Crippen molar-refractivity contribution in [2.45, 2.75) is 37.5 Å². The number of nitro groups is 1. The Kier molecular flexibility index (Phi) is 8.30. The zero-order valence-electron chi connectivity index (χ0n) is 19.7. The van der Waals surface area contributed by atoms with Gasteiger partial charge in [0.15, 0.2) is 0 Å². The monoisotopic (exact) mass is 481 g/mol. The van der Waals surface area contributed by atoms with E-state index in [-0.39, 0.29) is 29.0 Å². The van der Waals surface area contributed by atoms with Crippen molar-refractivity contribution in [2.75, 3.05) is 58.3 Å². The molecule has 0 radical (unpaired) electrons. The number of carbonyl (C=O) groups excluding carboxylic acids is 1. The number of piperidine rings is 2. The Morgan fingerprint density at radius 2 is 1.79 bits per heavy atom. The quantitative estimate of drug-likeness (QED) is 0.445. The first kappa shape index (κ1) is 25.4. The fraction of sp³-hybridized carbons (Fsp3) is 0.682. The molecule has 1 N–H and O–H groups in total. The molecule has 184 valence electrons. The highest BCUT2D eigenvalue weighted by Gasteiger charge is 2.32. The van der Waals surface area contributed by atoms with Gasteiger partial charge in [0.1, 0.15) is 5.69 Å². The number of sulfonamides is 1. The van der Waals surface area contributed by atoms with Crippen molar-refractivity contribution in [3.8, 4) is 0 Å². The van der Waals surface area contributed by atoms with Gasteiger partial charge < -0.3 is 14.7 Å². The van der Waals surface area contributed by atoms with Crippen molar-refractivity contribution in [3.63, 3.8) is 0 Å². The van der Waals surface area contributed by atoms with Crippen LogP contribution in [-0.2, 0) is 14.8 Å². The maximum atomic E-state index is 12.9. The lowest BCUT2D eigenvalue weighted by molar-refractivity contribution is -0.384. The molecule has 3 rings (SSSR count). The summed E-state index contributed by atoms with van der Waals surface area (Å²) in [4.78, 5) is 29.7. The Morgan fingerprint density at radius 3 is 2.36 bits per heavy atom. The van der Waals surface area contributed by atoms with Crippen LogP contribution in [0.2, 0.25) is 0 Å². The summed E-state index contributed by atoms with van der Waals surface area (Å²) in [6.07, 6.45) is 3.34. The van der Waals surface area contributed by atoms with Gasteiger partial charge in [-0.3, -0.25) is 14.9 Å². The Morgan fingerprint density at radius 1 is 1.15 bits per heavy atom. The van der Waals surface area contributed by atoms with Gasteiger partial charge in [0, 0.05) is 51.3 Å². The van der Waals surface area contributed by atoms with E-state index >= 15 is 0 Å². The maximum absolute atomic E-state index is 12.9. The zero-order chi connectivity index (χ0) is 24.2. The summed E-state index contributed by atoms with van der Waals surface area (Å²) < 4.78 is 27.6. The second-order valence-corrected chi connectivity index (χ2v) is 11.1. The second kappa shape index (κ2) is 10.8. The van der Waals surface area contributed by atoms with Gasteiger partial charge in [0.2, 0.25) is 15.9 Å². The minimum absolute atomic E-state index is 0.0609. The van der Waals surface area contributed by atoms with Crippen LogP contribution in [0.25, 0.3) is 0 Å². The number of nitrogens with zero attached hydrogens (tertiary/aromatic N) is 4. The van der Waals surface area contributed by atoms with Crippen molar-refractivity contribution in [3.05, 3.63) is 28.3 Å². The third-order valence-corrected chi connectivity index (χ3v) is 8.04. The molecule has 0 unspecified atom stereocenters. The third-order valence-electron chi connectivity index (χ3n) is 6.59. The average Bonchev–Trinajstić information content (AvgIpc) is 2.78. The minimum atomic E-state index is -3.85. The molecule has 0 aliphatic carbocycles. The maximum Gasteiger partial charge on any atom is 0.293 e. The summed E-state index contributed by atoms with van der Waals surface area (Å²) in [5.74, 6) is 0.793. The van der Waals surface area contributed by atoms with E-state index in [0.29, 0.717) is 44.1 Å². The van der Waals surface area contributed by atoms with Gasteiger partial charge in [-0.15, -0.1) is 0 Å². The number of hydrogen-bond acceptors (Lipinski definition) is 7. The van der Waals surface area contributed by atoms with Crippen LogP contribution in [0.5, 0.6) is 0 Å². The average molecular weight is 482 g/mol. The highest BCUT2D eigenvalue weighted by Crippen LogP contribution is 2.34. The fourth-order valence-corrected chi connectivity index (χ4v) is 5.47. The van der Waals surface area contributed by atoms with E-state index in [0.717, 1.165) is 32.0 Å². The van der Waals surface area contributed by atoms with Gasteiger partial charge in [0.05, 0.1) is 9.82 Å². The SMILES string of the molecule is CC1CCN(C(=O)C2CCN(c3ccc(S(=O)(=O)NCCN(C)C)cc3[N+](=O)[O-])CC2)CC1. The molecule has 0 bridgehead atoms. The third kappa shape index (κ3) is 6.42. The van der Waals surface area contributed by atoms with Crippen LogP contribution in [0.1, 0.15) is 32.6 Å². The predicted molar refractivity (Wildman–Crippen MR) is 127 cm³/mol. The number of rotatable bonds is 8. The Bertz CT molecular complexity index is 952. The van der Waals surface area contributed by atoms with Crippen molar-refractivity contribution in [1.29, 1.82) is 0 Å². The normalized spacial score (nSPS) is 18.7. The Balaban J connectivity index is 1.67. The smallest absolute Gasteiger partial charge is 0.293 e. The molecule has 33 heavy (non-hydrogen) atoms. The lowest BCUT2D eigenvalue weighted by Gasteiger charge is -2.37. The molecule has 0 aromatic heterocycles. The molecule has 2 aliphatic rings. The summed E-state index contributed by atoms with van der Waals surface area (Å²) in [6.45, 7) is 5.60. The first-order chi connectivity index (χ1) is 15.6. The highest BCUT2D eigenvalue weighted by molar-refractivity contribution is 7.89.